The summed E-state index contributed by atoms with van der Waals surface area (Å²) < 4.78 is 0. The summed E-state index contributed by atoms with van der Waals surface area (Å²) in [6.07, 6.45) is 0. The maximum absolute atomic E-state index is 4.36. The quantitative estimate of drug-likeness (QED) is 0.786. The first-order valence-electron chi connectivity index (χ1n) is 5.58. The number of hydrogen-bond donors (Lipinski definition) is 1. The van der Waals surface area contributed by atoms with Crippen LogP contribution in [0.15, 0.2) is 30.3 Å². The molecular formula is C13H19N2. The van der Waals surface area contributed by atoms with Crippen LogP contribution in [0.3, 0.4) is 0 Å². The first kappa shape index (κ1) is 10.7. The van der Waals surface area contributed by atoms with Gasteiger partial charge in [-0.05, 0) is 19.4 Å². The van der Waals surface area contributed by atoms with Gasteiger partial charge in [0.05, 0.1) is 0 Å². The molecule has 1 aliphatic heterocycles. The van der Waals surface area contributed by atoms with E-state index in [1.165, 1.54) is 5.56 Å². The van der Waals surface area contributed by atoms with Crippen LogP contribution in [0.4, 0.5) is 0 Å². The highest BCUT2D eigenvalue weighted by molar-refractivity contribution is 5.25. The van der Waals surface area contributed by atoms with Crippen molar-refractivity contribution in [2.75, 3.05) is 26.2 Å². The molecule has 2 rings (SSSR count). The molecule has 0 aliphatic carbocycles. The Morgan fingerprint density at radius 2 is 1.80 bits per heavy atom. The lowest BCUT2D eigenvalue weighted by atomic mass is 9.92. The lowest BCUT2D eigenvalue weighted by Crippen LogP contribution is -2.51. The van der Waals surface area contributed by atoms with Gasteiger partial charge in [0.1, 0.15) is 0 Å². The number of nitrogens with zero attached hydrogens (tertiary/aromatic N) is 1. The normalized spacial score (nSPS) is 19.1. The third-order valence-corrected chi connectivity index (χ3v) is 3.21. The molecule has 0 spiro atoms. The molecule has 0 amide bonds. The second-order valence-corrected chi connectivity index (χ2v) is 4.38. The van der Waals surface area contributed by atoms with Gasteiger partial charge >= 0.3 is 0 Å². The Kier molecular flexibility index (Phi) is 3.08. The summed E-state index contributed by atoms with van der Waals surface area (Å²) in [7, 11) is 0. The molecule has 1 radical (unpaired) electrons. The van der Waals surface area contributed by atoms with Gasteiger partial charge in [-0.15, -0.1) is 0 Å². The van der Waals surface area contributed by atoms with Crippen molar-refractivity contribution in [2.45, 2.75) is 12.5 Å². The topological polar surface area (TPSA) is 15.3 Å². The van der Waals surface area contributed by atoms with E-state index in [2.05, 4.69) is 54.4 Å². The van der Waals surface area contributed by atoms with Crippen molar-refractivity contribution in [3.05, 3.63) is 42.8 Å². The molecule has 1 atom stereocenters. The third-order valence-electron chi connectivity index (χ3n) is 3.21. The van der Waals surface area contributed by atoms with E-state index in [0.29, 0.717) is 0 Å². The van der Waals surface area contributed by atoms with E-state index in [0.717, 1.165) is 26.2 Å². The number of hydrogen-bond acceptors (Lipinski definition) is 2. The molecule has 0 aromatic heterocycles. The highest BCUT2D eigenvalue weighted by Gasteiger charge is 2.29. The first-order chi connectivity index (χ1) is 7.21. The van der Waals surface area contributed by atoms with Crippen LogP contribution in [-0.2, 0) is 5.54 Å². The van der Waals surface area contributed by atoms with Gasteiger partial charge in [0.25, 0.3) is 0 Å². The molecule has 1 fully saturated rings. The van der Waals surface area contributed by atoms with E-state index in [1.54, 1.807) is 0 Å². The maximum atomic E-state index is 4.36. The van der Waals surface area contributed by atoms with Crippen molar-refractivity contribution < 1.29 is 0 Å². The predicted octanol–water partition coefficient (Wildman–Crippen LogP) is 1.64. The summed E-state index contributed by atoms with van der Waals surface area (Å²) in [6.45, 7) is 10.9. The molecule has 1 heterocycles. The molecular weight excluding hydrogens is 184 g/mol. The van der Waals surface area contributed by atoms with Gasteiger partial charge in [-0.3, -0.25) is 4.90 Å². The van der Waals surface area contributed by atoms with Gasteiger partial charge in [-0.2, -0.15) is 0 Å². The molecule has 0 bridgehead atoms. The van der Waals surface area contributed by atoms with E-state index >= 15 is 0 Å². The molecule has 1 aromatic carbocycles. The first-order valence-corrected chi connectivity index (χ1v) is 5.58. The number of piperazine rings is 1. The summed E-state index contributed by atoms with van der Waals surface area (Å²) in [5, 5.41) is 3.37. The van der Waals surface area contributed by atoms with Crippen LogP contribution in [0, 0.1) is 6.92 Å². The minimum absolute atomic E-state index is 0.0939. The highest BCUT2D eigenvalue weighted by Crippen LogP contribution is 2.26. The van der Waals surface area contributed by atoms with Gasteiger partial charge < -0.3 is 5.32 Å². The molecule has 81 valence electrons. The van der Waals surface area contributed by atoms with Crippen molar-refractivity contribution in [2.24, 2.45) is 0 Å². The van der Waals surface area contributed by atoms with Gasteiger partial charge in [0, 0.05) is 31.7 Å². The van der Waals surface area contributed by atoms with E-state index < -0.39 is 0 Å². The third kappa shape index (κ3) is 2.21. The van der Waals surface area contributed by atoms with Gasteiger partial charge in [0.2, 0.25) is 0 Å². The van der Waals surface area contributed by atoms with Gasteiger partial charge in [-0.1, -0.05) is 30.3 Å². The highest BCUT2D eigenvalue weighted by atomic mass is 15.2. The van der Waals surface area contributed by atoms with Crippen molar-refractivity contribution in [3.8, 4) is 0 Å². The van der Waals surface area contributed by atoms with Crippen LogP contribution in [-0.4, -0.2) is 31.1 Å². The van der Waals surface area contributed by atoms with Crippen LogP contribution in [0.1, 0.15) is 12.5 Å². The second kappa shape index (κ2) is 4.33. The Labute approximate surface area is 92.3 Å². The Morgan fingerprint density at radius 3 is 2.40 bits per heavy atom. The van der Waals surface area contributed by atoms with Crippen LogP contribution >= 0.6 is 0 Å². The minimum atomic E-state index is -0.0939. The minimum Gasteiger partial charge on any atom is -0.314 e. The Balaban J connectivity index is 2.18. The number of benzene rings is 1. The number of rotatable bonds is 2. The second-order valence-electron chi connectivity index (χ2n) is 4.38. The maximum Gasteiger partial charge on any atom is 0.0434 e. The molecule has 1 N–H and O–H groups in total. The Morgan fingerprint density at radius 1 is 1.20 bits per heavy atom. The van der Waals surface area contributed by atoms with E-state index in [1.807, 2.05) is 0 Å². The zero-order chi connectivity index (χ0) is 10.7. The summed E-state index contributed by atoms with van der Waals surface area (Å²) in [5.74, 6) is 0. The fraction of sp³-hybridized carbons (Fsp3) is 0.462. The summed E-state index contributed by atoms with van der Waals surface area (Å²) >= 11 is 0. The molecule has 1 unspecified atom stereocenters. The number of nitrogens with one attached hydrogen (secondary N) is 1. The average molecular weight is 203 g/mol. The van der Waals surface area contributed by atoms with E-state index in [9.17, 15) is 0 Å². The van der Waals surface area contributed by atoms with Crippen molar-refractivity contribution in [3.63, 3.8) is 0 Å². The van der Waals surface area contributed by atoms with Crippen molar-refractivity contribution in [1.29, 1.82) is 0 Å². The largest absolute Gasteiger partial charge is 0.314 e. The molecule has 2 nitrogen and oxygen atoms in total. The monoisotopic (exact) mass is 203 g/mol. The Hall–Kier alpha value is -0.860. The van der Waals surface area contributed by atoms with Gasteiger partial charge in [-0.25, -0.2) is 0 Å². The van der Waals surface area contributed by atoms with Crippen LogP contribution in [0.5, 0.6) is 0 Å². The zero-order valence-corrected chi connectivity index (χ0v) is 9.37. The molecule has 1 saturated heterocycles. The summed E-state index contributed by atoms with van der Waals surface area (Å²) in [4.78, 5) is 2.44. The zero-order valence-electron chi connectivity index (χ0n) is 9.37. The van der Waals surface area contributed by atoms with Crippen LogP contribution in [0.2, 0.25) is 0 Å². The summed E-state index contributed by atoms with van der Waals surface area (Å²) in [5.41, 5.74) is 1.20. The van der Waals surface area contributed by atoms with Crippen LogP contribution < -0.4 is 5.32 Å². The van der Waals surface area contributed by atoms with E-state index in [-0.39, 0.29) is 5.54 Å². The molecule has 1 aliphatic rings. The molecule has 0 saturated carbocycles. The van der Waals surface area contributed by atoms with E-state index in [4.69, 9.17) is 0 Å². The molecule has 1 aromatic rings. The van der Waals surface area contributed by atoms with Crippen molar-refractivity contribution >= 4 is 0 Å². The SMILES string of the molecule is [CH2]C(C)(c1ccccc1)N1CCNCC1. The predicted molar refractivity (Wildman–Crippen MR) is 63.6 cm³/mol. The summed E-state index contributed by atoms with van der Waals surface area (Å²) in [6, 6.07) is 10.5. The van der Waals surface area contributed by atoms with Gasteiger partial charge in [0.15, 0.2) is 0 Å². The standard InChI is InChI=1S/C13H19N2/c1-13(2,12-6-4-3-5-7-12)15-10-8-14-9-11-15/h3-7,14H,1,8-11H2,2H3. The molecule has 2 heteroatoms. The Bertz CT molecular complexity index is 300. The average Bonchev–Trinajstić information content (AvgIpc) is 2.31. The lowest BCUT2D eigenvalue weighted by molar-refractivity contribution is 0.124. The van der Waals surface area contributed by atoms with Crippen LogP contribution in [0.25, 0.3) is 0 Å². The fourth-order valence-electron chi connectivity index (χ4n) is 2.14. The smallest absolute Gasteiger partial charge is 0.0434 e. The molecule has 15 heavy (non-hydrogen) atoms. The fourth-order valence-corrected chi connectivity index (χ4v) is 2.14. The van der Waals surface area contributed by atoms with Crippen molar-refractivity contribution in [1.82, 2.24) is 10.2 Å². The lowest BCUT2D eigenvalue weighted by Gasteiger charge is -2.41.